The molecule has 0 spiro atoms. The second kappa shape index (κ2) is 6.07. The fourth-order valence-corrected chi connectivity index (χ4v) is 2.51. The van der Waals surface area contributed by atoms with E-state index in [1.807, 2.05) is 0 Å². The largest absolute Gasteiger partial charge is 0.479 e. The van der Waals surface area contributed by atoms with Gasteiger partial charge in [-0.05, 0) is 0 Å². The summed E-state index contributed by atoms with van der Waals surface area (Å²) < 4.78 is 12.4. The number of nitrogens with zero attached hydrogens (tertiary/aromatic N) is 4. The van der Waals surface area contributed by atoms with E-state index in [0.717, 1.165) is 0 Å². The van der Waals surface area contributed by atoms with E-state index >= 15 is 0 Å². The molecule has 0 aromatic carbocycles. The van der Waals surface area contributed by atoms with Crippen LogP contribution in [0.5, 0.6) is 5.88 Å². The third-order valence-electron chi connectivity index (χ3n) is 3.56. The molecule has 3 N–H and O–H groups in total. The van der Waals surface area contributed by atoms with Gasteiger partial charge in [-0.1, -0.05) is 0 Å². The third-order valence-corrected chi connectivity index (χ3v) is 3.56. The van der Waals surface area contributed by atoms with Crippen molar-refractivity contribution in [1.29, 1.82) is 0 Å². The van der Waals surface area contributed by atoms with E-state index in [1.165, 1.54) is 20.4 Å². The van der Waals surface area contributed by atoms with E-state index in [-0.39, 0.29) is 24.3 Å². The molecule has 1 aliphatic heterocycles. The van der Waals surface area contributed by atoms with Crippen molar-refractivity contribution in [3.05, 3.63) is 6.33 Å². The fourth-order valence-electron chi connectivity index (χ4n) is 2.51. The van der Waals surface area contributed by atoms with Crippen LogP contribution >= 0.6 is 0 Å². The lowest BCUT2D eigenvalue weighted by Crippen LogP contribution is -2.24. The molecule has 3 atom stereocenters. The van der Waals surface area contributed by atoms with E-state index in [4.69, 9.17) is 9.47 Å². The highest BCUT2D eigenvalue weighted by Crippen LogP contribution is 2.32. The van der Waals surface area contributed by atoms with Gasteiger partial charge in [-0.3, -0.25) is 14.7 Å². The average molecular weight is 323 g/mol. The number of ether oxygens (including phenoxy) is 2. The van der Waals surface area contributed by atoms with Crippen molar-refractivity contribution in [3.8, 4) is 5.88 Å². The lowest BCUT2D eigenvalue weighted by Gasteiger charge is -2.14. The molecule has 1 fully saturated rings. The molecule has 0 radical (unpaired) electrons. The van der Waals surface area contributed by atoms with Gasteiger partial charge in [0, 0.05) is 13.3 Å². The molecule has 2 aromatic rings. The summed E-state index contributed by atoms with van der Waals surface area (Å²) in [5.74, 6) is -0.0130. The number of aliphatic hydroxyl groups is 2. The van der Waals surface area contributed by atoms with E-state index in [2.05, 4.69) is 20.3 Å². The van der Waals surface area contributed by atoms with E-state index in [1.54, 1.807) is 4.57 Å². The Morgan fingerprint density at radius 1 is 1.57 bits per heavy atom. The molecular formula is C13H17N5O5. The number of aromatic nitrogens is 4. The van der Waals surface area contributed by atoms with Gasteiger partial charge in [-0.25, -0.2) is 4.98 Å². The number of nitrogens with one attached hydrogen (secondary N) is 1. The molecule has 3 heterocycles. The van der Waals surface area contributed by atoms with Crippen LogP contribution in [0, 0.1) is 0 Å². The summed E-state index contributed by atoms with van der Waals surface area (Å²) in [5.41, 5.74) is 0.809. The first-order valence-corrected chi connectivity index (χ1v) is 7.04. The molecule has 10 heteroatoms. The summed E-state index contributed by atoms with van der Waals surface area (Å²) >= 11 is 0. The Balaban J connectivity index is 2.03. The first-order valence-electron chi connectivity index (χ1n) is 7.04. The normalized spacial score (nSPS) is 24.1. The molecule has 1 saturated heterocycles. The summed E-state index contributed by atoms with van der Waals surface area (Å²) in [6.45, 7) is 1.07. The first-order chi connectivity index (χ1) is 11.0. The number of amides is 1. The van der Waals surface area contributed by atoms with Crippen molar-refractivity contribution < 1.29 is 24.5 Å². The number of fused-ring (bicyclic) bond motifs is 1. The van der Waals surface area contributed by atoms with Crippen LogP contribution in [0.15, 0.2) is 6.33 Å². The van der Waals surface area contributed by atoms with Gasteiger partial charge in [-0.2, -0.15) is 9.97 Å². The zero-order chi connectivity index (χ0) is 16.6. The maximum absolute atomic E-state index is 11.2. The quantitative estimate of drug-likeness (QED) is 0.682. The smallest absolute Gasteiger partial charge is 0.246 e. The average Bonchev–Trinajstić information content (AvgIpc) is 3.08. The summed E-state index contributed by atoms with van der Waals surface area (Å²) in [5, 5.41) is 21.6. The van der Waals surface area contributed by atoms with Gasteiger partial charge < -0.3 is 19.7 Å². The van der Waals surface area contributed by atoms with Crippen molar-refractivity contribution in [2.75, 3.05) is 19.0 Å². The second-order valence-corrected chi connectivity index (χ2v) is 5.18. The van der Waals surface area contributed by atoms with E-state index in [0.29, 0.717) is 17.6 Å². The van der Waals surface area contributed by atoms with Gasteiger partial charge in [0.2, 0.25) is 17.7 Å². The first kappa shape index (κ1) is 15.6. The van der Waals surface area contributed by atoms with Crippen molar-refractivity contribution in [3.63, 3.8) is 0 Å². The molecule has 124 valence electrons. The van der Waals surface area contributed by atoms with Crippen LogP contribution in [0.3, 0.4) is 0 Å². The van der Waals surface area contributed by atoms with Gasteiger partial charge in [0.05, 0.1) is 26.1 Å². The molecule has 1 aliphatic rings. The number of methoxy groups -OCH3 is 1. The summed E-state index contributed by atoms with van der Waals surface area (Å²) in [6, 6.07) is 0. The Labute approximate surface area is 131 Å². The van der Waals surface area contributed by atoms with Crippen LogP contribution in [0.1, 0.15) is 19.6 Å². The summed E-state index contributed by atoms with van der Waals surface area (Å²) in [6.07, 6.45) is -0.177. The van der Waals surface area contributed by atoms with Crippen LogP contribution in [-0.4, -0.2) is 61.6 Å². The highest BCUT2D eigenvalue weighted by atomic mass is 16.5. The zero-order valence-corrected chi connectivity index (χ0v) is 12.6. The Hall–Kier alpha value is -2.30. The molecule has 0 aliphatic carbocycles. The summed E-state index contributed by atoms with van der Waals surface area (Å²) in [7, 11) is 1.44. The number of hydrogen-bond acceptors (Lipinski definition) is 8. The maximum atomic E-state index is 11.2. The molecule has 23 heavy (non-hydrogen) atoms. The minimum Gasteiger partial charge on any atom is -0.479 e. The highest BCUT2D eigenvalue weighted by molar-refractivity contribution is 5.88. The topological polar surface area (TPSA) is 132 Å². The van der Waals surface area contributed by atoms with Crippen molar-refractivity contribution >= 4 is 23.0 Å². The molecule has 0 saturated carbocycles. The molecule has 2 aromatic heterocycles. The SMILES string of the molecule is COc1nc(NC(C)=O)nc2c1ncn2[C@H]1C[C@H](O)[C@@H](CO)O1. The Morgan fingerprint density at radius 3 is 2.96 bits per heavy atom. The molecule has 0 unspecified atom stereocenters. The molecule has 0 bridgehead atoms. The predicted molar refractivity (Wildman–Crippen MR) is 77.8 cm³/mol. The Morgan fingerprint density at radius 2 is 2.35 bits per heavy atom. The Bertz CT molecular complexity index is 733. The highest BCUT2D eigenvalue weighted by Gasteiger charge is 2.35. The Kier molecular flexibility index (Phi) is 4.11. The van der Waals surface area contributed by atoms with Gasteiger partial charge in [0.1, 0.15) is 12.3 Å². The van der Waals surface area contributed by atoms with Crippen LogP contribution in [0.2, 0.25) is 0 Å². The maximum Gasteiger partial charge on any atom is 0.246 e. The van der Waals surface area contributed by atoms with Gasteiger partial charge >= 0.3 is 0 Å². The lowest BCUT2D eigenvalue weighted by atomic mass is 10.2. The van der Waals surface area contributed by atoms with E-state index in [9.17, 15) is 15.0 Å². The molecular weight excluding hydrogens is 306 g/mol. The van der Waals surface area contributed by atoms with Crippen LogP contribution in [-0.2, 0) is 9.53 Å². The lowest BCUT2D eigenvalue weighted by molar-refractivity contribution is -0.114. The van der Waals surface area contributed by atoms with Gasteiger partial charge in [0.25, 0.3) is 0 Å². The zero-order valence-electron chi connectivity index (χ0n) is 12.6. The standard InChI is InChI=1S/C13H17N5O5/c1-6(20)15-13-16-11-10(12(17-13)22-2)14-5-18(11)9-3-7(21)8(4-19)23-9/h5,7-9,19,21H,3-4H2,1-2H3,(H,15,16,17,20)/t7-,8+,9+/m0/s1. The van der Waals surface area contributed by atoms with Crippen molar-refractivity contribution in [1.82, 2.24) is 19.5 Å². The number of carbonyl (C=O) groups excluding carboxylic acids is 1. The van der Waals surface area contributed by atoms with Gasteiger partial charge in [-0.15, -0.1) is 0 Å². The minimum absolute atomic E-state index is 0.0841. The second-order valence-electron chi connectivity index (χ2n) is 5.18. The van der Waals surface area contributed by atoms with Crippen molar-refractivity contribution in [2.45, 2.75) is 31.8 Å². The van der Waals surface area contributed by atoms with Crippen LogP contribution < -0.4 is 10.1 Å². The third kappa shape index (κ3) is 2.83. The van der Waals surface area contributed by atoms with Crippen molar-refractivity contribution in [2.24, 2.45) is 0 Å². The number of aliphatic hydroxyl groups excluding tert-OH is 2. The number of anilines is 1. The molecule has 1 amide bonds. The van der Waals surface area contributed by atoms with Crippen LogP contribution in [0.25, 0.3) is 11.2 Å². The van der Waals surface area contributed by atoms with Gasteiger partial charge in [0.15, 0.2) is 11.2 Å². The number of rotatable bonds is 4. The predicted octanol–water partition coefficient (Wildman–Crippen LogP) is -0.566. The summed E-state index contributed by atoms with van der Waals surface area (Å²) in [4.78, 5) is 23.8. The number of hydrogen-bond donors (Lipinski definition) is 3. The number of carbonyl (C=O) groups is 1. The fraction of sp³-hybridized carbons (Fsp3) is 0.538. The molecule has 10 nitrogen and oxygen atoms in total. The monoisotopic (exact) mass is 323 g/mol. The minimum atomic E-state index is -0.777. The van der Waals surface area contributed by atoms with Crippen LogP contribution in [0.4, 0.5) is 5.95 Å². The number of imidazole rings is 1. The molecule has 3 rings (SSSR count). The van der Waals surface area contributed by atoms with E-state index < -0.39 is 18.4 Å².